The van der Waals surface area contributed by atoms with Gasteiger partial charge in [0.05, 0.1) is 0 Å². The zero-order valence-corrected chi connectivity index (χ0v) is 7.23. The summed E-state index contributed by atoms with van der Waals surface area (Å²) in [4.78, 5) is 11.0. The molecule has 0 atom stereocenters. The molecule has 0 bridgehead atoms. The van der Waals surface area contributed by atoms with E-state index in [0.717, 1.165) is 11.3 Å². The van der Waals surface area contributed by atoms with E-state index in [2.05, 4.69) is 20.3 Å². The van der Waals surface area contributed by atoms with E-state index < -0.39 is 0 Å². The molecule has 5 heteroatoms. The molecule has 2 rings (SSSR count). The van der Waals surface area contributed by atoms with Crippen LogP contribution in [0.1, 0.15) is 0 Å². The number of anilines is 1. The lowest BCUT2D eigenvalue weighted by atomic mass is 10.2. The van der Waals surface area contributed by atoms with E-state index in [1.54, 1.807) is 18.6 Å². The third kappa shape index (κ3) is 1.54. The van der Waals surface area contributed by atoms with Crippen molar-refractivity contribution in [3.8, 4) is 17.5 Å². The molecule has 2 aromatic heterocycles. The molecule has 0 unspecified atom stereocenters. The molecule has 0 amide bonds. The third-order valence-corrected chi connectivity index (χ3v) is 1.73. The summed E-state index contributed by atoms with van der Waals surface area (Å²) in [5.74, 6) is 0.308. The topological polar surface area (TPSA) is 77.4 Å². The summed E-state index contributed by atoms with van der Waals surface area (Å²) < 4.78 is 0. The molecule has 2 aromatic rings. The van der Waals surface area contributed by atoms with Crippen LogP contribution in [0.2, 0.25) is 0 Å². The Morgan fingerprint density at radius 2 is 2.14 bits per heavy atom. The van der Waals surface area contributed by atoms with E-state index in [-0.39, 0.29) is 0 Å². The van der Waals surface area contributed by atoms with Crippen LogP contribution in [-0.4, -0.2) is 15.0 Å². The molecule has 0 spiro atoms. The van der Waals surface area contributed by atoms with E-state index in [9.17, 15) is 0 Å². The summed E-state index contributed by atoms with van der Waals surface area (Å²) in [6, 6.07) is 3.83. The van der Waals surface area contributed by atoms with Crippen LogP contribution in [-0.2, 0) is 0 Å². The number of hydrogen-bond donors (Lipinski definition) is 2. The highest BCUT2D eigenvalue weighted by Gasteiger charge is 1.99. The Kier molecular flexibility index (Phi) is 2.11. The smallest absolute Gasteiger partial charge is 0.236 e. The largest absolute Gasteiger partial charge is 0.361 e. The zero-order chi connectivity index (χ0) is 9.80. The second kappa shape index (κ2) is 3.58. The summed E-state index contributed by atoms with van der Waals surface area (Å²) in [5, 5.41) is 10.7. The second-order valence-corrected chi connectivity index (χ2v) is 2.62. The number of hydrogen-bond acceptors (Lipinski definition) is 4. The van der Waals surface area contributed by atoms with Crippen LogP contribution in [0.5, 0.6) is 0 Å². The van der Waals surface area contributed by atoms with Crippen molar-refractivity contribution in [1.82, 2.24) is 15.0 Å². The molecule has 68 valence electrons. The molecule has 0 aliphatic heterocycles. The SMILES string of the molecule is N#CNc1ncc(-c2ccc[nH]2)cn1. The highest BCUT2D eigenvalue weighted by Crippen LogP contribution is 2.14. The van der Waals surface area contributed by atoms with Gasteiger partial charge in [0.15, 0.2) is 6.19 Å². The standard InChI is InChI=1S/C9H7N5/c10-6-14-9-12-4-7(5-13-9)8-2-1-3-11-8/h1-5,11H,(H,12,13,14). The molecule has 0 fully saturated rings. The van der Waals surface area contributed by atoms with Gasteiger partial charge in [0.25, 0.3) is 0 Å². The molecular formula is C9H7N5. The molecule has 0 aromatic carbocycles. The predicted octanol–water partition coefficient (Wildman–Crippen LogP) is 1.36. The average molecular weight is 185 g/mol. The van der Waals surface area contributed by atoms with Gasteiger partial charge in [-0.25, -0.2) is 9.97 Å². The first kappa shape index (κ1) is 8.26. The average Bonchev–Trinajstić information content (AvgIpc) is 2.72. The lowest BCUT2D eigenvalue weighted by Gasteiger charge is -1.97. The Bertz CT molecular complexity index is 437. The minimum Gasteiger partial charge on any atom is -0.361 e. The second-order valence-electron chi connectivity index (χ2n) is 2.62. The Morgan fingerprint density at radius 1 is 1.36 bits per heavy atom. The van der Waals surface area contributed by atoms with Gasteiger partial charge in [0, 0.05) is 29.8 Å². The minimum atomic E-state index is 0.308. The van der Waals surface area contributed by atoms with Gasteiger partial charge in [-0.15, -0.1) is 0 Å². The maximum absolute atomic E-state index is 8.33. The number of rotatable bonds is 2. The van der Waals surface area contributed by atoms with Crippen LogP contribution in [0.15, 0.2) is 30.7 Å². The quantitative estimate of drug-likeness (QED) is 0.547. The Morgan fingerprint density at radius 3 is 2.71 bits per heavy atom. The molecule has 0 saturated carbocycles. The third-order valence-electron chi connectivity index (χ3n) is 1.73. The monoisotopic (exact) mass is 185 g/mol. The number of H-pyrrole nitrogens is 1. The highest BCUT2D eigenvalue weighted by atomic mass is 15.1. The maximum Gasteiger partial charge on any atom is 0.236 e. The summed E-state index contributed by atoms with van der Waals surface area (Å²) in [6.45, 7) is 0. The van der Waals surface area contributed by atoms with E-state index in [4.69, 9.17) is 5.26 Å². The van der Waals surface area contributed by atoms with Crippen molar-refractivity contribution in [3.63, 3.8) is 0 Å². The molecular weight excluding hydrogens is 178 g/mol. The summed E-state index contributed by atoms with van der Waals surface area (Å²) in [7, 11) is 0. The Hall–Kier alpha value is -2.35. The van der Waals surface area contributed by atoms with E-state index in [0.29, 0.717) is 5.95 Å². The van der Waals surface area contributed by atoms with Crippen molar-refractivity contribution in [2.24, 2.45) is 0 Å². The normalized spacial score (nSPS) is 9.36. The van der Waals surface area contributed by atoms with E-state index in [1.807, 2.05) is 18.3 Å². The number of nitriles is 1. The fraction of sp³-hybridized carbons (Fsp3) is 0. The number of nitrogens with one attached hydrogen (secondary N) is 2. The lowest BCUT2D eigenvalue weighted by Crippen LogP contribution is -1.94. The van der Waals surface area contributed by atoms with Crippen molar-refractivity contribution in [3.05, 3.63) is 30.7 Å². The van der Waals surface area contributed by atoms with Crippen LogP contribution in [0.25, 0.3) is 11.3 Å². The van der Waals surface area contributed by atoms with Crippen LogP contribution in [0.3, 0.4) is 0 Å². The number of aromatic nitrogens is 3. The molecule has 5 nitrogen and oxygen atoms in total. The molecule has 2 N–H and O–H groups in total. The summed E-state index contributed by atoms with van der Waals surface area (Å²) in [6.07, 6.45) is 6.89. The first-order chi connectivity index (χ1) is 6.90. The van der Waals surface area contributed by atoms with Crippen LogP contribution in [0, 0.1) is 11.5 Å². The zero-order valence-electron chi connectivity index (χ0n) is 7.23. The molecule has 2 heterocycles. The summed E-state index contributed by atoms with van der Waals surface area (Å²) >= 11 is 0. The highest BCUT2D eigenvalue weighted by molar-refractivity contribution is 5.57. The molecule has 0 radical (unpaired) electrons. The lowest BCUT2D eigenvalue weighted by molar-refractivity contribution is 1.16. The first-order valence-electron chi connectivity index (χ1n) is 4.01. The number of nitrogens with zero attached hydrogens (tertiary/aromatic N) is 3. The minimum absolute atomic E-state index is 0.308. The van der Waals surface area contributed by atoms with Gasteiger partial charge in [0.1, 0.15) is 0 Å². The van der Waals surface area contributed by atoms with Gasteiger partial charge in [-0.3, -0.25) is 5.32 Å². The molecule has 0 aliphatic carbocycles. The predicted molar refractivity (Wildman–Crippen MR) is 51.1 cm³/mol. The summed E-state index contributed by atoms with van der Waals surface area (Å²) in [5.41, 5.74) is 1.84. The van der Waals surface area contributed by atoms with Gasteiger partial charge in [-0.1, -0.05) is 0 Å². The Balaban J connectivity index is 2.27. The van der Waals surface area contributed by atoms with Gasteiger partial charge in [-0.2, -0.15) is 5.26 Å². The van der Waals surface area contributed by atoms with Gasteiger partial charge in [-0.05, 0) is 12.1 Å². The van der Waals surface area contributed by atoms with Crippen LogP contribution < -0.4 is 5.32 Å². The molecule has 0 aliphatic rings. The molecule has 14 heavy (non-hydrogen) atoms. The van der Waals surface area contributed by atoms with Crippen LogP contribution >= 0.6 is 0 Å². The fourth-order valence-electron chi connectivity index (χ4n) is 1.09. The van der Waals surface area contributed by atoms with Gasteiger partial charge in [0.2, 0.25) is 5.95 Å². The van der Waals surface area contributed by atoms with Gasteiger partial charge < -0.3 is 4.98 Å². The van der Waals surface area contributed by atoms with Crippen molar-refractivity contribution in [2.45, 2.75) is 0 Å². The fourth-order valence-corrected chi connectivity index (χ4v) is 1.09. The van der Waals surface area contributed by atoms with Crippen molar-refractivity contribution >= 4 is 5.95 Å². The first-order valence-corrected chi connectivity index (χ1v) is 4.01. The van der Waals surface area contributed by atoms with Crippen molar-refractivity contribution in [1.29, 1.82) is 5.26 Å². The van der Waals surface area contributed by atoms with Crippen molar-refractivity contribution < 1.29 is 0 Å². The van der Waals surface area contributed by atoms with Crippen LogP contribution in [0.4, 0.5) is 5.95 Å². The van der Waals surface area contributed by atoms with E-state index in [1.165, 1.54) is 0 Å². The Labute approximate surface area is 80.4 Å². The van der Waals surface area contributed by atoms with Crippen molar-refractivity contribution in [2.75, 3.05) is 5.32 Å². The van der Waals surface area contributed by atoms with E-state index >= 15 is 0 Å². The number of aromatic amines is 1. The maximum atomic E-state index is 8.33. The van der Waals surface area contributed by atoms with Gasteiger partial charge >= 0.3 is 0 Å². The molecule has 0 saturated heterocycles.